The van der Waals surface area contributed by atoms with Crippen LogP contribution in [0.15, 0.2) is 18.2 Å². The molecule has 0 spiro atoms. The number of carbonyl (C=O) groups is 2. The van der Waals surface area contributed by atoms with Gasteiger partial charge in [0.1, 0.15) is 0 Å². The van der Waals surface area contributed by atoms with Crippen LogP contribution in [0, 0.1) is 10.1 Å². The number of thiazole rings is 1. The minimum absolute atomic E-state index is 0.0593. The number of nitro groups is 1. The molecular formula is C11H8N3O5S-. The van der Waals surface area contributed by atoms with Crippen molar-refractivity contribution in [2.24, 2.45) is 0 Å². The van der Waals surface area contributed by atoms with Crippen LogP contribution in [0.25, 0.3) is 10.2 Å². The van der Waals surface area contributed by atoms with Crippen molar-refractivity contribution < 1.29 is 19.6 Å². The second kappa shape index (κ2) is 5.61. The highest BCUT2D eigenvalue weighted by atomic mass is 32.1. The molecule has 1 N–H and O–H groups in total. The summed E-state index contributed by atoms with van der Waals surface area (Å²) in [4.78, 5) is 35.9. The number of non-ortho nitro benzene ring substituents is 1. The van der Waals surface area contributed by atoms with E-state index in [0.29, 0.717) is 10.2 Å². The molecule has 2 rings (SSSR count). The number of anilines is 1. The van der Waals surface area contributed by atoms with Crippen LogP contribution in [0.5, 0.6) is 0 Å². The van der Waals surface area contributed by atoms with E-state index >= 15 is 0 Å². The van der Waals surface area contributed by atoms with Crippen molar-refractivity contribution in [3.8, 4) is 0 Å². The first kappa shape index (κ1) is 13.9. The normalized spacial score (nSPS) is 10.4. The number of nitrogens with zero attached hydrogens (tertiary/aromatic N) is 2. The third kappa shape index (κ3) is 3.26. The van der Waals surface area contributed by atoms with E-state index in [9.17, 15) is 24.8 Å². The lowest BCUT2D eigenvalue weighted by molar-refractivity contribution is -0.384. The molecule has 0 saturated carbocycles. The van der Waals surface area contributed by atoms with E-state index in [1.807, 2.05) is 0 Å². The Morgan fingerprint density at radius 1 is 1.35 bits per heavy atom. The Morgan fingerprint density at radius 2 is 2.10 bits per heavy atom. The van der Waals surface area contributed by atoms with Gasteiger partial charge in [0, 0.05) is 24.5 Å². The summed E-state index contributed by atoms with van der Waals surface area (Å²) in [5.41, 5.74) is 0.465. The van der Waals surface area contributed by atoms with E-state index in [4.69, 9.17) is 0 Å². The predicted octanol–water partition coefficient (Wildman–Crippen LogP) is 0.673. The number of nitrogens with one attached hydrogen (secondary N) is 1. The van der Waals surface area contributed by atoms with E-state index in [1.54, 1.807) is 0 Å². The summed E-state index contributed by atoms with van der Waals surface area (Å²) >= 11 is 1.08. The number of fused-ring (bicyclic) bond motifs is 1. The average molecular weight is 294 g/mol. The number of hydrogen-bond acceptors (Lipinski definition) is 7. The van der Waals surface area contributed by atoms with Crippen molar-refractivity contribution in [1.82, 2.24) is 4.98 Å². The van der Waals surface area contributed by atoms with Crippen LogP contribution >= 0.6 is 11.3 Å². The standard InChI is InChI=1S/C11H9N3O5S/c15-9(3-4-10(16)17)13-11-12-7-2-1-6(14(18)19)5-8(7)20-11/h1-2,5H,3-4H2,(H,16,17)(H,12,13,15)/p-1. The summed E-state index contributed by atoms with van der Waals surface area (Å²) in [6, 6.07) is 4.17. The van der Waals surface area contributed by atoms with Gasteiger partial charge >= 0.3 is 0 Å². The first-order chi connectivity index (χ1) is 9.45. The second-order valence-electron chi connectivity index (χ2n) is 3.85. The van der Waals surface area contributed by atoms with Crippen molar-refractivity contribution >= 4 is 44.2 Å². The number of carbonyl (C=O) groups excluding carboxylic acids is 2. The van der Waals surface area contributed by atoms with Crippen molar-refractivity contribution in [3.05, 3.63) is 28.3 Å². The third-order valence-electron chi connectivity index (χ3n) is 2.39. The van der Waals surface area contributed by atoms with Gasteiger partial charge in [0.25, 0.3) is 5.69 Å². The largest absolute Gasteiger partial charge is 0.550 e. The minimum Gasteiger partial charge on any atom is -0.550 e. The number of carboxylic acid groups (broad SMARTS) is 1. The topological polar surface area (TPSA) is 125 Å². The maximum absolute atomic E-state index is 11.4. The first-order valence-corrected chi connectivity index (χ1v) is 6.32. The maximum atomic E-state index is 11.4. The molecule has 0 radical (unpaired) electrons. The van der Waals surface area contributed by atoms with Crippen molar-refractivity contribution in [2.75, 3.05) is 5.32 Å². The number of amides is 1. The quantitative estimate of drug-likeness (QED) is 0.638. The number of benzene rings is 1. The van der Waals surface area contributed by atoms with E-state index in [-0.39, 0.29) is 23.7 Å². The zero-order chi connectivity index (χ0) is 14.7. The van der Waals surface area contributed by atoms with Gasteiger partial charge in [0.05, 0.1) is 15.1 Å². The Kier molecular flexibility index (Phi) is 3.89. The van der Waals surface area contributed by atoms with Crippen LogP contribution in [-0.2, 0) is 9.59 Å². The zero-order valence-corrected chi connectivity index (χ0v) is 10.8. The molecule has 1 amide bonds. The molecule has 0 aliphatic rings. The lowest BCUT2D eigenvalue weighted by Gasteiger charge is -2.01. The molecule has 2 aromatic rings. The van der Waals surface area contributed by atoms with Crippen LogP contribution < -0.4 is 10.4 Å². The molecule has 1 heterocycles. The van der Waals surface area contributed by atoms with E-state index in [0.717, 1.165) is 11.3 Å². The Balaban J connectivity index is 2.13. The summed E-state index contributed by atoms with van der Waals surface area (Å²) in [5.74, 6) is -1.80. The molecule has 104 valence electrons. The summed E-state index contributed by atoms with van der Waals surface area (Å²) in [7, 11) is 0. The van der Waals surface area contributed by atoms with Gasteiger partial charge in [0.2, 0.25) is 5.91 Å². The van der Waals surface area contributed by atoms with Crippen LogP contribution in [0.1, 0.15) is 12.8 Å². The molecule has 0 fully saturated rings. The third-order valence-corrected chi connectivity index (χ3v) is 3.32. The predicted molar refractivity (Wildman–Crippen MR) is 69.1 cm³/mol. The fraction of sp³-hybridized carbons (Fsp3) is 0.182. The van der Waals surface area contributed by atoms with Crippen LogP contribution in [0.3, 0.4) is 0 Å². The van der Waals surface area contributed by atoms with E-state index in [2.05, 4.69) is 10.3 Å². The lowest BCUT2D eigenvalue weighted by atomic mass is 10.3. The highest BCUT2D eigenvalue weighted by molar-refractivity contribution is 7.22. The van der Waals surface area contributed by atoms with Gasteiger partial charge in [-0.1, -0.05) is 11.3 Å². The van der Waals surface area contributed by atoms with Crippen molar-refractivity contribution in [1.29, 1.82) is 0 Å². The lowest BCUT2D eigenvalue weighted by Crippen LogP contribution is -2.24. The molecule has 0 saturated heterocycles. The van der Waals surface area contributed by atoms with E-state index < -0.39 is 16.8 Å². The van der Waals surface area contributed by atoms with Crippen molar-refractivity contribution in [2.45, 2.75) is 12.8 Å². The molecule has 1 aromatic carbocycles. The molecule has 9 heteroatoms. The molecule has 20 heavy (non-hydrogen) atoms. The number of rotatable bonds is 5. The molecule has 0 unspecified atom stereocenters. The molecule has 0 aliphatic heterocycles. The summed E-state index contributed by atoms with van der Waals surface area (Å²) in [5, 5.41) is 23.6. The van der Waals surface area contributed by atoms with E-state index in [1.165, 1.54) is 18.2 Å². The summed E-state index contributed by atoms with van der Waals surface area (Å²) < 4.78 is 0.564. The van der Waals surface area contributed by atoms with Gasteiger partial charge in [-0.3, -0.25) is 14.9 Å². The Morgan fingerprint density at radius 3 is 2.75 bits per heavy atom. The molecule has 0 bridgehead atoms. The SMILES string of the molecule is O=C([O-])CCC(=O)Nc1nc2ccc([N+](=O)[O-])cc2s1. The Labute approximate surface area is 116 Å². The Bertz CT molecular complexity index is 696. The Hall–Kier alpha value is -2.55. The fourth-order valence-electron chi connectivity index (χ4n) is 1.48. The molecule has 1 aromatic heterocycles. The van der Waals surface area contributed by atoms with Gasteiger partial charge < -0.3 is 15.2 Å². The van der Waals surface area contributed by atoms with Gasteiger partial charge in [-0.05, 0) is 12.5 Å². The monoisotopic (exact) mass is 294 g/mol. The van der Waals surface area contributed by atoms with Gasteiger partial charge in [-0.25, -0.2) is 4.98 Å². The highest BCUT2D eigenvalue weighted by Crippen LogP contribution is 2.29. The minimum atomic E-state index is -1.31. The van der Waals surface area contributed by atoms with Gasteiger partial charge in [-0.15, -0.1) is 0 Å². The van der Waals surface area contributed by atoms with Crippen molar-refractivity contribution in [3.63, 3.8) is 0 Å². The molecular weight excluding hydrogens is 286 g/mol. The smallest absolute Gasteiger partial charge is 0.270 e. The second-order valence-corrected chi connectivity index (χ2v) is 4.88. The highest BCUT2D eigenvalue weighted by Gasteiger charge is 2.11. The maximum Gasteiger partial charge on any atom is 0.270 e. The number of aliphatic carboxylic acids is 1. The van der Waals surface area contributed by atoms with Crippen LogP contribution in [0.2, 0.25) is 0 Å². The number of aromatic nitrogens is 1. The fourth-order valence-corrected chi connectivity index (χ4v) is 2.39. The number of nitro benzene ring substituents is 1. The van der Waals surface area contributed by atoms with Crippen LogP contribution in [-0.4, -0.2) is 21.8 Å². The zero-order valence-electron chi connectivity index (χ0n) is 9.99. The van der Waals surface area contributed by atoms with Gasteiger partial charge in [0.15, 0.2) is 5.13 Å². The molecule has 0 aliphatic carbocycles. The summed E-state index contributed by atoms with van der Waals surface area (Å²) in [6.45, 7) is 0. The first-order valence-electron chi connectivity index (χ1n) is 5.50. The average Bonchev–Trinajstić information content (AvgIpc) is 2.77. The number of hydrogen-bond donors (Lipinski definition) is 1. The van der Waals surface area contributed by atoms with Crippen LogP contribution in [0.4, 0.5) is 10.8 Å². The molecule has 0 atom stereocenters. The number of carboxylic acids is 1. The summed E-state index contributed by atoms with van der Waals surface area (Å²) in [6.07, 6.45) is -0.583. The van der Waals surface area contributed by atoms with Gasteiger partial charge in [-0.2, -0.15) is 0 Å². The molecule has 8 nitrogen and oxygen atoms in total.